The lowest BCUT2D eigenvalue weighted by Gasteiger charge is -2.07. The van der Waals surface area contributed by atoms with Crippen molar-refractivity contribution >= 4 is 17.3 Å². The van der Waals surface area contributed by atoms with E-state index < -0.39 is 17.5 Å². The normalized spacial score (nSPS) is 10.5. The zero-order valence-electron chi connectivity index (χ0n) is 10.3. The Kier molecular flexibility index (Phi) is 3.50. The molecule has 1 amide bonds. The highest BCUT2D eigenvalue weighted by Crippen LogP contribution is 2.16. The van der Waals surface area contributed by atoms with E-state index in [0.29, 0.717) is 17.9 Å². The first-order chi connectivity index (χ1) is 9.01. The molecule has 0 aliphatic carbocycles. The SMILES string of the molecule is CCn1cc(N)cc1C(=O)Nc1ccc(F)c(F)c1. The molecule has 0 spiro atoms. The Morgan fingerprint density at radius 2 is 2.05 bits per heavy atom. The van der Waals surface area contributed by atoms with Gasteiger partial charge in [-0.1, -0.05) is 0 Å². The lowest BCUT2D eigenvalue weighted by molar-refractivity contribution is 0.101. The molecular formula is C13H13F2N3O. The number of nitrogen functional groups attached to an aromatic ring is 1. The maximum Gasteiger partial charge on any atom is 0.272 e. The van der Waals surface area contributed by atoms with Crippen LogP contribution in [0.2, 0.25) is 0 Å². The highest BCUT2D eigenvalue weighted by atomic mass is 19.2. The summed E-state index contributed by atoms with van der Waals surface area (Å²) in [7, 11) is 0. The van der Waals surface area contributed by atoms with E-state index in [1.54, 1.807) is 10.8 Å². The van der Waals surface area contributed by atoms with Crippen LogP contribution in [0.1, 0.15) is 17.4 Å². The van der Waals surface area contributed by atoms with E-state index in [1.165, 1.54) is 12.1 Å². The maximum absolute atomic E-state index is 13.0. The summed E-state index contributed by atoms with van der Waals surface area (Å²) in [5, 5.41) is 2.49. The summed E-state index contributed by atoms with van der Waals surface area (Å²) in [6, 6.07) is 4.70. The van der Waals surface area contributed by atoms with Crippen LogP contribution in [0.5, 0.6) is 0 Å². The molecule has 2 aromatic rings. The fourth-order valence-corrected chi connectivity index (χ4v) is 1.75. The van der Waals surface area contributed by atoms with Gasteiger partial charge in [0.1, 0.15) is 5.69 Å². The number of hydrogen-bond donors (Lipinski definition) is 2. The first kappa shape index (κ1) is 13.1. The predicted molar refractivity (Wildman–Crippen MR) is 68.8 cm³/mol. The smallest absolute Gasteiger partial charge is 0.272 e. The maximum atomic E-state index is 13.0. The Labute approximate surface area is 108 Å². The molecular weight excluding hydrogens is 252 g/mol. The van der Waals surface area contributed by atoms with Gasteiger partial charge in [-0.25, -0.2) is 8.78 Å². The molecule has 2 rings (SSSR count). The van der Waals surface area contributed by atoms with E-state index in [0.717, 1.165) is 12.1 Å². The molecule has 0 fully saturated rings. The third kappa shape index (κ3) is 2.73. The lowest BCUT2D eigenvalue weighted by Crippen LogP contribution is -2.16. The molecule has 0 atom stereocenters. The quantitative estimate of drug-likeness (QED) is 0.896. The van der Waals surface area contributed by atoms with E-state index in [9.17, 15) is 13.6 Å². The van der Waals surface area contributed by atoms with Crippen LogP contribution in [-0.2, 0) is 6.54 Å². The van der Waals surface area contributed by atoms with Crippen LogP contribution in [0.4, 0.5) is 20.2 Å². The number of nitrogens with one attached hydrogen (secondary N) is 1. The lowest BCUT2D eigenvalue weighted by atomic mass is 10.3. The average Bonchev–Trinajstić information content (AvgIpc) is 2.75. The number of carbonyl (C=O) groups is 1. The molecule has 0 unspecified atom stereocenters. The van der Waals surface area contributed by atoms with Crippen molar-refractivity contribution in [1.29, 1.82) is 0 Å². The number of hydrogen-bond acceptors (Lipinski definition) is 2. The molecule has 0 radical (unpaired) electrons. The van der Waals surface area contributed by atoms with E-state index in [4.69, 9.17) is 5.73 Å². The average molecular weight is 265 g/mol. The van der Waals surface area contributed by atoms with Crippen molar-refractivity contribution in [2.24, 2.45) is 0 Å². The number of anilines is 2. The molecule has 1 aromatic heterocycles. The fourth-order valence-electron chi connectivity index (χ4n) is 1.75. The number of aromatic nitrogens is 1. The number of amides is 1. The molecule has 1 heterocycles. The van der Waals surface area contributed by atoms with E-state index in [-0.39, 0.29) is 5.69 Å². The number of halogens is 2. The summed E-state index contributed by atoms with van der Waals surface area (Å²) >= 11 is 0. The van der Waals surface area contributed by atoms with Gasteiger partial charge in [-0.05, 0) is 25.1 Å². The van der Waals surface area contributed by atoms with Crippen molar-refractivity contribution in [3.05, 3.63) is 47.8 Å². The summed E-state index contributed by atoms with van der Waals surface area (Å²) in [5.74, 6) is -2.40. The van der Waals surface area contributed by atoms with Gasteiger partial charge in [-0.2, -0.15) is 0 Å². The van der Waals surface area contributed by atoms with E-state index in [2.05, 4.69) is 5.32 Å². The monoisotopic (exact) mass is 265 g/mol. The van der Waals surface area contributed by atoms with Crippen molar-refractivity contribution < 1.29 is 13.6 Å². The zero-order valence-corrected chi connectivity index (χ0v) is 10.3. The molecule has 0 aliphatic heterocycles. The second-order valence-electron chi connectivity index (χ2n) is 4.03. The third-order valence-electron chi connectivity index (χ3n) is 2.67. The topological polar surface area (TPSA) is 60.0 Å². The number of aryl methyl sites for hydroxylation is 1. The van der Waals surface area contributed by atoms with Gasteiger partial charge in [0.05, 0.1) is 5.69 Å². The molecule has 4 nitrogen and oxygen atoms in total. The summed E-state index contributed by atoms with van der Waals surface area (Å²) < 4.78 is 27.5. The molecule has 1 aromatic carbocycles. The first-order valence-corrected chi connectivity index (χ1v) is 5.73. The van der Waals surface area contributed by atoms with Crippen LogP contribution in [0.25, 0.3) is 0 Å². The fraction of sp³-hybridized carbons (Fsp3) is 0.154. The number of nitrogens with two attached hydrogens (primary N) is 1. The second kappa shape index (κ2) is 5.09. The van der Waals surface area contributed by atoms with Crippen molar-refractivity contribution in [3.8, 4) is 0 Å². The second-order valence-corrected chi connectivity index (χ2v) is 4.03. The standard InChI is InChI=1S/C13H13F2N3O/c1-2-18-7-8(16)5-12(18)13(19)17-9-3-4-10(14)11(15)6-9/h3-7H,2,16H2,1H3,(H,17,19). The van der Waals surface area contributed by atoms with Crippen molar-refractivity contribution in [2.75, 3.05) is 11.1 Å². The molecule has 3 N–H and O–H groups in total. The van der Waals surface area contributed by atoms with Crippen molar-refractivity contribution in [1.82, 2.24) is 4.57 Å². The van der Waals surface area contributed by atoms with Gasteiger partial charge < -0.3 is 15.6 Å². The highest BCUT2D eigenvalue weighted by molar-refractivity contribution is 6.03. The minimum absolute atomic E-state index is 0.186. The Bertz CT molecular complexity index is 622. The Morgan fingerprint density at radius 1 is 1.32 bits per heavy atom. The Balaban J connectivity index is 2.22. The molecule has 100 valence electrons. The number of benzene rings is 1. The molecule has 0 aliphatic rings. The van der Waals surface area contributed by atoms with Gasteiger partial charge in [0.2, 0.25) is 0 Å². The number of nitrogens with zero attached hydrogens (tertiary/aromatic N) is 1. The summed E-state index contributed by atoms with van der Waals surface area (Å²) in [5.41, 5.74) is 6.64. The Hall–Kier alpha value is -2.37. The van der Waals surface area contributed by atoms with Gasteiger partial charge in [-0.15, -0.1) is 0 Å². The zero-order chi connectivity index (χ0) is 14.0. The highest BCUT2D eigenvalue weighted by Gasteiger charge is 2.13. The van der Waals surface area contributed by atoms with Gasteiger partial charge in [0.15, 0.2) is 11.6 Å². The van der Waals surface area contributed by atoms with Gasteiger partial charge in [-0.3, -0.25) is 4.79 Å². The van der Waals surface area contributed by atoms with Crippen LogP contribution in [0, 0.1) is 11.6 Å². The minimum atomic E-state index is -1.01. The molecule has 19 heavy (non-hydrogen) atoms. The largest absolute Gasteiger partial charge is 0.397 e. The Morgan fingerprint density at radius 3 is 2.68 bits per heavy atom. The summed E-state index contributed by atoms with van der Waals surface area (Å²) in [6.45, 7) is 2.45. The molecule has 0 saturated carbocycles. The first-order valence-electron chi connectivity index (χ1n) is 5.73. The third-order valence-corrected chi connectivity index (χ3v) is 2.67. The van der Waals surface area contributed by atoms with Crippen LogP contribution >= 0.6 is 0 Å². The van der Waals surface area contributed by atoms with Crippen LogP contribution in [0.15, 0.2) is 30.5 Å². The molecule has 6 heteroatoms. The predicted octanol–water partition coefficient (Wildman–Crippen LogP) is 2.62. The van der Waals surface area contributed by atoms with Gasteiger partial charge in [0.25, 0.3) is 5.91 Å². The molecule has 0 bridgehead atoms. The van der Waals surface area contributed by atoms with Crippen molar-refractivity contribution in [2.45, 2.75) is 13.5 Å². The van der Waals surface area contributed by atoms with Gasteiger partial charge >= 0.3 is 0 Å². The van der Waals surface area contributed by atoms with E-state index in [1.807, 2.05) is 6.92 Å². The van der Waals surface area contributed by atoms with Crippen LogP contribution in [0.3, 0.4) is 0 Å². The van der Waals surface area contributed by atoms with Crippen LogP contribution < -0.4 is 11.1 Å². The minimum Gasteiger partial charge on any atom is -0.397 e. The van der Waals surface area contributed by atoms with Gasteiger partial charge in [0, 0.05) is 24.5 Å². The van der Waals surface area contributed by atoms with E-state index >= 15 is 0 Å². The van der Waals surface area contributed by atoms with Crippen molar-refractivity contribution in [3.63, 3.8) is 0 Å². The van der Waals surface area contributed by atoms with Crippen LogP contribution in [-0.4, -0.2) is 10.5 Å². The summed E-state index contributed by atoms with van der Waals surface area (Å²) in [6.07, 6.45) is 1.64. The molecule has 0 saturated heterocycles. The number of carbonyl (C=O) groups excluding carboxylic acids is 1. The number of rotatable bonds is 3. The summed E-state index contributed by atoms with van der Waals surface area (Å²) in [4.78, 5) is 12.0.